The Hall–Kier alpha value is -6.74. The Morgan fingerprint density at radius 2 is 1.66 bits per heavy atom. The Bertz CT molecular complexity index is 3300. The van der Waals surface area contributed by atoms with E-state index in [9.17, 15) is 35.6 Å². The summed E-state index contributed by atoms with van der Waals surface area (Å²) in [6.45, 7) is -1.00. The summed E-state index contributed by atoms with van der Waals surface area (Å²) >= 11 is 6.64. The normalized spacial score (nSPS) is 16.7. The highest BCUT2D eigenvalue weighted by atomic mass is 35.5. The summed E-state index contributed by atoms with van der Waals surface area (Å²) in [7, 11) is -1.000. The van der Waals surface area contributed by atoms with E-state index in [0.29, 0.717) is 27.4 Å². The molecule has 2 aliphatic carbocycles. The maximum Gasteiger partial charge on any atom is 0.293 e. The van der Waals surface area contributed by atoms with Crippen LogP contribution in [0.25, 0.3) is 38.6 Å². The van der Waals surface area contributed by atoms with Crippen molar-refractivity contribution >= 4 is 61.1 Å². The number of nitrogens with zero attached hydrogens (tertiary/aromatic N) is 6. The van der Waals surface area contributed by atoms with Crippen LogP contribution in [-0.4, -0.2) is 62.6 Å². The molecule has 0 radical (unpaired) electrons. The van der Waals surface area contributed by atoms with E-state index in [0.717, 1.165) is 23.0 Å². The van der Waals surface area contributed by atoms with Gasteiger partial charge in [-0.2, -0.15) is 19.0 Å². The zero-order chi connectivity index (χ0) is 46.4. The molecule has 65 heavy (non-hydrogen) atoms. The Balaban J connectivity index is 1.25. The van der Waals surface area contributed by atoms with Crippen LogP contribution in [0.15, 0.2) is 77.6 Å². The number of alkyl halides is 4. The number of nitrogens with one attached hydrogen (secondary N) is 3. The molecule has 3 N–H and O–H groups in total. The molecule has 0 aliphatic heterocycles. The minimum Gasteiger partial charge on any atom is -0.355 e. The molecule has 9 rings (SSSR count). The molecule has 0 unspecified atom stereocenters. The van der Waals surface area contributed by atoms with E-state index >= 15 is 13.6 Å². The Morgan fingerprint density at radius 1 is 0.969 bits per heavy atom. The second-order valence-electron chi connectivity index (χ2n) is 15.9. The van der Waals surface area contributed by atoms with Crippen LogP contribution >= 0.6 is 11.6 Å². The van der Waals surface area contributed by atoms with Gasteiger partial charge in [0.15, 0.2) is 5.82 Å². The molecule has 14 nitrogen and oxygen atoms in total. The first-order valence-electron chi connectivity index (χ1n) is 19.8. The standard InChI is InChI=1S/C43H34ClF6N9O5S/c1-51-41(61)21-6-4-20(5-7-21)22-8-9-25-29(15-22)53-40(59(42(25)62)31-11-10-28(44)34-36(31)57(2)55-39(34)56-65(3,63)64)30(14-19-12-23(45)16-24(46)13-19)52-32(60)18-58-37-33(35(54-58)38(47)48)26-17-27(26)43(37,49)50/h4-13,15-16,26-27,30,38H,14,17-18H2,1-3H3,(H,51,61)(H,52,60)(H,55,56)/t26-,27+,30-/m0/s1. The number of carbonyl (C=O) groups is 2. The molecule has 7 aromatic rings. The highest BCUT2D eigenvalue weighted by Gasteiger charge is 2.67. The van der Waals surface area contributed by atoms with Crippen molar-refractivity contribution < 1.29 is 44.3 Å². The average Bonchev–Trinajstić information content (AvgIpc) is 3.78. The van der Waals surface area contributed by atoms with Gasteiger partial charge in [0.25, 0.3) is 23.8 Å². The zero-order valence-electron chi connectivity index (χ0n) is 34.1. The molecule has 0 spiro atoms. The fourth-order valence-corrected chi connectivity index (χ4v) is 9.45. The molecule has 1 fully saturated rings. The van der Waals surface area contributed by atoms with Crippen LogP contribution < -0.4 is 20.9 Å². The molecule has 2 aliphatic rings. The lowest BCUT2D eigenvalue weighted by molar-refractivity contribution is -0.123. The van der Waals surface area contributed by atoms with Crippen LogP contribution in [-0.2, 0) is 40.8 Å². The lowest BCUT2D eigenvalue weighted by atomic mass is 10.0. The van der Waals surface area contributed by atoms with Gasteiger partial charge in [-0.3, -0.25) is 33.0 Å². The van der Waals surface area contributed by atoms with Crippen molar-refractivity contribution in [2.45, 2.75) is 43.7 Å². The van der Waals surface area contributed by atoms with Crippen molar-refractivity contribution in [2.24, 2.45) is 13.0 Å². The number of halogens is 7. The van der Waals surface area contributed by atoms with Gasteiger partial charge in [-0.1, -0.05) is 29.8 Å². The van der Waals surface area contributed by atoms with Gasteiger partial charge in [-0.25, -0.2) is 31.0 Å². The fourth-order valence-electron chi connectivity index (χ4n) is 8.72. The molecule has 3 heterocycles. The largest absolute Gasteiger partial charge is 0.355 e. The van der Waals surface area contributed by atoms with Gasteiger partial charge in [-0.05, 0) is 77.6 Å². The molecular formula is C43H34ClF6N9O5S. The van der Waals surface area contributed by atoms with Gasteiger partial charge in [0.05, 0.1) is 44.8 Å². The first-order chi connectivity index (χ1) is 30.7. The van der Waals surface area contributed by atoms with Crippen molar-refractivity contribution in [3.8, 4) is 16.8 Å². The highest BCUT2D eigenvalue weighted by molar-refractivity contribution is 7.92. The molecule has 0 bridgehead atoms. The second kappa shape index (κ2) is 15.8. The van der Waals surface area contributed by atoms with E-state index in [-0.39, 0.29) is 67.6 Å². The highest BCUT2D eigenvalue weighted by Crippen LogP contribution is 2.68. The van der Waals surface area contributed by atoms with E-state index in [1.54, 1.807) is 36.4 Å². The lowest BCUT2D eigenvalue weighted by Crippen LogP contribution is -2.38. The minimum atomic E-state index is -3.93. The third-order valence-electron chi connectivity index (χ3n) is 11.5. The van der Waals surface area contributed by atoms with Crippen LogP contribution in [0.4, 0.5) is 32.2 Å². The smallest absolute Gasteiger partial charge is 0.293 e. The third-order valence-corrected chi connectivity index (χ3v) is 12.4. The van der Waals surface area contributed by atoms with Crippen molar-refractivity contribution in [1.29, 1.82) is 0 Å². The Labute approximate surface area is 369 Å². The maximum atomic E-state index is 15.6. The summed E-state index contributed by atoms with van der Waals surface area (Å²) in [4.78, 5) is 46.4. The molecule has 4 aromatic carbocycles. The van der Waals surface area contributed by atoms with E-state index in [1.807, 2.05) is 0 Å². The zero-order valence-corrected chi connectivity index (χ0v) is 35.7. The molecule has 2 amide bonds. The molecule has 22 heteroatoms. The maximum absolute atomic E-state index is 15.6. The van der Waals surface area contributed by atoms with Gasteiger partial charge < -0.3 is 10.6 Å². The molecule has 3 aromatic heterocycles. The number of carbonyl (C=O) groups excluding carboxylic acids is 2. The molecule has 0 saturated heterocycles. The van der Waals surface area contributed by atoms with Crippen LogP contribution in [0.5, 0.6) is 0 Å². The number of aryl methyl sites for hydroxylation is 1. The number of fused-ring (bicyclic) bond motifs is 5. The van der Waals surface area contributed by atoms with E-state index in [2.05, 4.69) is 25.6 Å². The van der Waals surface area contributed by atoms with E-state index in [1.165, 1.54) is 37.0 Å². The number of sulfonamides is 1. The number of amides is 2. The van der Waals surface area contributed by atoms with Crippen molar-refractivity contribution in [2.75, 3.05) is 18.0 Å². The van der Waals surface area contributed by atoms with Gasteiger partial charge in [0.2, 0.25) is 15.9 Å². The summed E-state index contributed by atoms with van der Waals surface area (Å²) in [5, 5.41) is 13.3. The van der Waals surface area contributed by atoms with Crippen molar-refractivity contribution in [3.05, 3.63) is 134 Å². The van der Waals surface area contributed by atoms with E-state index in [4.69, 9.17) is 16.6 Å². The predicted molar refractivity (Wildman–Crippen MR) is 227 cm³/mol. The third kappa shape index (κ3) is 7.74. The predicted octanol–water partition coefficient (Wildman–Crippen LogP) is 7.05. The molecule has 336 valence electrons. The molecule has 3 atom stereocenters. The minimum absolute atomic E-state index is 0.000715. The number of aromatic nitrogens is 6. The summed E-state index contributed by atoms with van der Waals surface area (Å²) in [5.41, 5.74) is -1.11. The quantitative estimate of drug-likeness (QED) is 0.109. The summed E-state index contributed by atoms with van der Waals surface area (Å²) in [5.74, 6) is -9.48. The average molecular weight is 938 g/mol. The topological polar surface area (TPSA) is 175 Å². The number of hydrogen-bond acceptors (Lipinski definition) is 8. The summed E-state index contributed by atoms with van der Waals surface area (Å²) < 4.78 is 119. The van der Waals surface area contributed by atoms with Crippen LogP contribution in [0.1, 0.15) is 63.5 Å². The number of benzene rings is 4. The van der Waals surface area contributed by atoms with E-state index < -0.39 is 87.7 Å². The number of rotatable bonds is 12. The van der Waals surface area contributed by atoms with Crippen LogP contribution in [0.3, 0.4) is 0 Å². The van der Waals surface area contributed by atoms with Gasteiger partial charge in [0.1, 0.15) is 35.4 Å². The first kappa shape index (κ1) is 43.5. The Morgan fingerprint density at radius 3 is 2.32 bits per heavy atom. The lowest BCUT2D eigenvalue weighted by Gasteiger charge is -2.24. The van der Waals surface area contributed by atoms with Crippen LogP contribution in [0, 0.1) is 17.6 Å². The SMILES string of the molecule is CNC(=O)c1ccc(-c2ccc3c(=O)n(-c4ccc(Cl)c5c(NS(C)(=O)=O)nn(C)c45)c([C@H](Cc4cc(F)cc(F)c4)NC(=O)Cn4nc(C(F)F)c5c4C(F)(F)[C@@H]4C[C@H]54)nc3c2)cc1. The number of anilines is 1. The van der Waals surface area contributed by atoms with Gasteiger partial charge in [-0.15, -0.1) is 0 Å². The Kier molecular flexibility index (Phi) is 10.5. The fraction of sp³-hybridized carbons (Fsp3) is 0.256. The van der Waals surface area contributed by atoms with Crippen LogP contribution in [0.2, 0.25) is 5.02 Å². The summed E-state index contributed by atoms with van der Waals surface area (Å²) in [6, 6.07) is 15.0. The monoisotopic (exact) mass is 937 g/mol. The first-order valence-corrected chi connectivity index (χ1v) is 22.0. The van der Waals surface area contributed by atoms with Gasteiger partial charge in [0, 0.05) is 43.6 Å². The molecular weight excluding hydrogens is 904 g/mol. The molecule has 1 saturated carbocycles. The number of hydrogen-bond donors (Lipinski definition) is 3. The van der Waals surface area contributed by atoms with Gasteiger partial charge >= 0.3 is 0 Å². The summed E-state index contributed by atoms with van der Waals surface area (Å²) in [6.07, 6.45) is -2.82. The second-order valence-corrected chi connectivity index (χ2v) is 18.1. The van der Waals surface area contributed by atoms with Crippen molar-refractivity contribution in [3.63, 3.8) is 0 Å². The van der Waals surface area contributed by atoms with Crippen molar-refractivity contribution in [1.82, 2.24) is 39.7 Å².